The van der Waals surface area contributed by atoms with Crippen LogP contribution < -0.4 is 20.1 Å². The average Bonchev–Trinajstić information content (AvgIpc) is 3.05. The number of halogens is 1. The van der Waals surface area contributed by atoms with Gasteiger partial charge in [0.15, 0.2) is 18.1 Å². The molecule has 0 atom stereocenters. The molecule has 2 rings (SSSR count). The van der Waals surface area contributed by atoms with Gasteiger partial charge in [0.25, 0.3) is 11.8 Å². The van der Waals surface area contributed by atoms with Crippen LogP contribution in [0.1, 0.15) is 29.9 Å². The van der Waals surface area contributed by atoms with Gasteiger partial charge < -0.3 is 24.7 Å². The lowest BCUT2D eigenvalue weighted by molar-refractivity contribution is -0.123. The van der Waals surface area contributed by atoms with E-state index in [1.165, 1.54) is 7.11 Å². The number of rotatable bonds is 9. The van der Waals surface area contributed by atoms with E-state index in [0.29, 0.717) is 36.8 Å². The van der Waals surface area contributed by atoms with Crippen LogP contribution in [-0.4, -0.2) is 36.6 Å². The lowest BCUT2D eigenvalue weighted by Gasteiger charge is -2.13. The molecule has 2 N–H and O–H groups in total. The number of carbonyl (C=O) groups is 2. The van der Waals surface area contributed by atoms with Crippen molar-refractivity contribution in [2.75, 3.05) is 20.3 Å². The van der Waals surface area contributed by atoms with Gasteiger partial charge in [-0.2, -0.15) is 0 Å². The van der Waals surface area contributed by atoms with Crippen LogP contribution in [0, 0.1) is 0 Å². The zero-order valence-electron chi connectivity index (χ0n) is 15.7. The summed E-state index contributed by atoms with van der Waals surface area (Å²) < 4.78 is 13.6. The number of hydrogen-bond donors (Lipinski definition) is 2. The summed E-state index contributed by atoms with van der Waals surface area (Å²) in [5.41, 5.74) is 1.46. The maximum absolute atomic E-state index is 12.4. The third-order valence-electron chi connectivity index (χ3n) is 3.85. The summed E-state index contributed by atoms with van der Waals surface area (Å²) in [4.78, 5) is 23.9. The molecule has 0 fully saturated rings. The smallest absolute Gasteiger partial charge is 0.268 e. The maximum Gasteiger partial charge on any atom is 0.268 e. The summed E-state index contributed by atoms with van der Waals surface area (Å²) in [6.07, 6.45) is 1.87. The fourth-order valence-corrected chi connectivity index (χ4v) is 3.00. The van der Waals surface area contributed by atoms with E-state index in [4.69, 9.17) is 9.47 Å². The number of aryl methyl sites for hydroxylation is 1. The molecular formula is C19H24BrN3O4. The molecular weight excluding hydrogens is 414 g/mol. The number of ether oxygens (including phenoxy) is 2. The van der Waals surface area contributed by atoms with E-state index in [0.717, 1.165) is 10.0 Å². The predicted octanol–water partition coefficient (Wildman–Crippen LogP) is 2.72. The van der Waals surface area contributed by atoms with Crippen molar-refractivity contribution in [3.63, 3.8) is 0 Å². The molecule has 0 aliphatic carbocycles. The summed E-state index contributed by atoms with van der Waals surface area (Å²) in [6.45, 7) is 5.35. The second-order valence-corrected chi connectivity index (χ2v) is 6.66. The summed E-state index contributed by atoms with van der Waals surface area (Å²) >= 11 is 3.39. The highest BCUT2D eigenvalue weighted by molar-refractivity contribution is 9.10. The van der Waals surface area contributed by atoms with Crippen molar-refractivity contribution in [1.82, 2.24) is 15.2 Å². The Bertz CT molecular complexity index is 804. The van der Waals surface area contributed by atoms with Crippen LogP contribution in [0.25, 0.3) is 0 Å². The molecule has 1 aromatic carbocycles. The third-order valence-corrected chi connectivity index (χ3v) is 4.28. The van der Waals surface area contributed by atoms with Crippen LogP contribution in [0.4, 0.5) is 0 Å². The zero-order chi connectivity index (χ0) is 19.8. The van der Waals surface area contributed by atoms with E-state index in [9.17, 15) is 9.59 Å². The standard InChI is InChI=1S/C19H24BrN3O4/c1-4-21-18(24)12-27-16-7-6-13(8-17(16)26-3)10-22-19(25)15-9-14(20)11-23(15)5-2/h6-9,11H,4-5,10,12H2,1-3H3,(H,21,24)(H,22,25). The van der Waals surface area contributed by atoms with Gasteiger partial charge in [-0.05, 0) is 53.5 Å². The van der Waals surface area contributed by atoms with Gasteiger partial charge in [-0.1, -0.05) is 6.07 Å². The third kappa shape index (κ3) is 5.75. The quantitative estimate of drug-likeness (QED) is 0.631. The van der Waals surface area contributed by atoms with Crippen LogP contribution in [0.2, 0.25) is 0 Å². The number of carbonyl (C=O) groups excluding carboxylic acids is 2. The Morgan fingerprint density at radius 3 is 2.59 bits per heavy atom. The fraction of sp³-hybridized carbons (Fsp3) is 0.368. The first kappa shape index (κ1) is 20.8. The molecule has 1 aromatic heterocycles. The molecule has 7 nitrogen and oxygen atoms in total. The van der Waals surface area contributed by atoms with Gasteiger partial charge in [0.1, 0.15) is 5.69 Å². The molecule has 27 heavy (non-hydrogen) atoms. The predicted molar refractivity (Wildman–Crippen MR) is 106 cm³/mol. The Balaban J connectivity index is 2.00. The fourth-order valence-electron chi connectivity index (χ4n) is 2.53. The first-order valence-corrected chi connectivity index (χ1v) is 9.48. The van der Waals surface area contributed by atoms with Crippen molar-refractivity contribution in [2.45, 2.75) is 26.9 Å². The highest BCUT2D eigenvalue weighted by Crippen LogP contribution is 2.28. The van der Waals surface area contributed by atoms with Crippen LogP contribution in [-0.2, 0) is 17.9 Å². The van der Waals surface area contributed by atoms with E-state index in [1.54, 1.807) is 18.2 Å². The normalized spacial score (nSPS) is 10.4. The van der Waals surface area contributed by atoms with E-state index in [1.807, 2.05) is 30.7 Å². The van der Waals surface area contributed by atoms with Crippen LogP contribution >= 0.6 is 15.9 Å². The van der Waals surface area contributed by atoms with Gasteiger partial charge in [-0.25, -0.2) is 0 Å². The second kappa shape index (κ2) is 10.0. The van der Waals surface area contributed by atoms with E-state index in [-0.39, 0.29) is 18.4 Å². The summed E-state index contributed by atoms with van der Waals surface area (Å²) in [5, 5.41) is 5.57. The molecule has 0 saturated carbocycles. The molecule has 0 unspecified atom stereocenters. The molecule has 2 aromatic rings. The molecule has 0 aliphatic heterocycles. The monoisotopic (exact) mass is 437 g/mol. The highest BCUT2D eigenvalue weighted by atomic mass is 79.9. The number of nitrogens with zero attached hydrogens (tertiary/aromatic N) is 1. The molecule has 146 valence electrons. The maximum atomic E-state index is 12.4. The topological polar surface area (TPSA) is 81.6 Å². The van der Waals surface area contributed by atoms with Crippen molar-refractivity contribution in [1.29, 1.82) is 0 Å². The number of nitrogens with one attached hydrogen (secondary N) is 2. The Morgan fingerprint density at radius 2 is 1.93 bits per heavy atom. The van der Waals surface area contributed by atoms with Gasteiger partial charge >= 0.3 is 0 Å². The number of aromatic nitrogens is 1. The number of hydrogen-bond acceptors (Lipinski definition) is 4. The lowest BCUT2D eigenvalue weighted by Crippen LogP contribution is -2.28. The van der Waals surface area contributed by atoms with Gasteiger partial charge in [-0.15, -0.1) is 0 Å². The second-order valence-electron chi connectivity index (χ2n) is 5.74. The number of likely N-dealkylation sites (N-methyl/N-ethyl adjacent to an activating group) is 1. The van der Waals surface area contributed by atoms with Crippen LogP contribution in [0.3, 0.4) is 0 Å². The summed E-state index contributed by atoms with van der Waals surface area (Å²) in [7, 11) is 1.53. The number of amides is 2. The Morgan fingerprint density at radius 1 is 1.15 bits per heavy atom. The molecule has 0 radical (unpaired) electrons. The summed E-state index contributed by atoms with van der Waals surface area (Å²) in [6, 6.07) is 7.12. The van der Waals surface area contributed by atoms with Crippen molar-refractivity contribution in [2.24, 2.45) is 0 Å². The molecule has 8 heteroatoms. The largest absolute Gasteiger partial charge is 0.493 e. The van der Waals surface area contributed by atoms with Crippen molar-refractivity contribution < 1.29 is 19.1 Å². The Hall–Kier alpha value is -2.48. The van der Waals surface area contributed by atoms with Crippen molar-refractivity contribution in [3.05, 3.63) is 46.2 Å². The minimum absolute atomic E-state index is 0.0802. The molecule has 0 saturated heterocycles. The van der Waals surface area contributed by atoms with Gasteiger partial charge in [0.2, 0.25) is 0 Å². The first-order chi connectivity index (χ1) is 13.0. The molecule has 1 heterocycles. The minimum Gasteiger partial charge on any atom is -0.493 e. The summed E-state index contributed by atoms with van der Waals surface area (Å²) in [5.74, 6) is 0.632. The van der Waals surface area contributed by atoms with E-state index in [2.05, 4.69) is 26.6 Å². The zero-order valence-corrected chi connectivity index (χ0v) is 17.3. The highest BCUT2D eigenvalue weighted by Gasteiger charge is 2.13. The van der Waals surface area contributed by atoms with Crippen molar-refractivity contribution >= 4 is 27.7 Å². The van der Waals surface area contributed by atoms with Crippen LogP contribution in [0.15, 0.2) is 34.9 Å². The van der Waals surface area contributed by atoms with Gasteiger partial charge in [-0.3, -0.25) is 9.59 Å². The first-order valence-electron chi connectivity index (χ1n) is 8.68. The average molecular weight is 438 g/mol. The lowest BCUT2D eigenvalue weighted by atomic mass is 10.2. The SMILES string of the molecule is CCNC(=O)COc1ccc(CNC(=O)c2cc(Br)cn2CC)cc1OC. The Labute approximate surface area is 167 Å². The molecule has 0 spiro atoms. The van der Waals surface area contributed by atoms with Gasteiger partial charge in [0, 0.05) is 30.3 Å². The van der Waals surface area contributed by atoms with E-state index >= 15 is 0 Å². The number of methoxy groups -OCH3 is 1. The van der Waals surface area contributed by atoms with E-state index < -0.39 is 0 Å². The molecule has 0 bridgehead atoms. The molecule has 2 amide bonds. The number of benzene rings is 1. The minimum atomic E-state index is -0.194. The van der Waals surface area contributed by atoms with Gasteiger partial charge in [0.05, 0.1) is 7.11 Å². The van der Waals surface area contributed by atoms with Crippen LogP contribution in [0.5, 0.6) is 11.5 Å². The van der Waals surface area contributed by atoms with Crippen molar-refractivity contribution in [3.8, 4) is 11.5 Å². The Kier molecular flexibility index (Phi) is 7.72. The molecule has 0 aliphatic rings.